The third-order valence-corrected chi connectivity index (χ3v) is 4.33. The van der Waals surface area contributed by atoms with Gasteiger partial charge < -0.3 is 4.74 Å². The number of rotatable bonds is 5. The van der Waals surface area contributed by atoms with Crippen LogP contribution in [0.4, 0.5) is 0 Å². The Labute approximate surface area is 138 Å². The number of fused-ring (bicyclic) bond motifs is 1. The minimum atomic E-state index is -0.104. The van der Waals surface area contributed by atoms with Gasteiger partial charge in [0, 0.05) is 11.3 Å². The van der Waals surface area contributed by atoms with Gasteiger partial charge in [-0.1, -0.05) is 30.0 Å². The Kier molecular flexibility index (Phi) is 4.48. The van der Waals surface area contributed by atoms with E-state index >= 15 is 0 Å². The van der Waals surface area contributed by atoms with Crippen LogP contribution in [0.1, 0.15) is 10.4 Å². The molecule has 5 heteroatoms. The summed E-state index contributed by atoms with van der Waals surface area (Å²) in [6.45, 7) is 3.72. The summed E-state index contributed by atoms with van der Waals surface area (Å²) >= 11 is 1.49. The van der Waals surface area contributed by atoms with Crippen LogP contribution in [0, 0.1) is 0 Å². The van der Waals surface area contributed by atoms with Gasteiger partial charge in [-0.15, -0.1) is 6.58 Å². The third kappa shape index (κ3) is 3.00. The second-order valence-electron chi connectivity index (χ2n) is 4.85. The normalized spacial score (nSPS) is 10.7. The molecule has 0 N–H and O–H groups in total. The maximum atomic E-state index is 12.9. The lowest BCUT2D eigenvalue weighted by molar-refractivity contribution is 0.0955. The van der Waals surface area contributed by atoms with Gasteiger partial charge in [0.25, 0.3) is 5.91 Å². The molecule has 1 heterocycles. The van der Waals surface area contributed by atoms with Crippen molar-refractivity contribution in [2.24, 2.45) is 0 Å². The van der Waals surface area contributed by atoms with Gasteiger partial charge in [0.1, 0.15) is 5.75 Å². The Hall–Kier alpha value is -2.53. The lowest BCUT2D eigenvalue weighted by Crippen LogP contribution is -2.13. The lowest BCUT2D eigenvalue weighted by Gasteiger charge is -2.08. The topological polar surface area (TPSA) is 44.1 Å². The van der Waals surface area contributed by atoms with E-state index in [-0.39, 0.29) is 5.91 Å². The van der Waals surface area contributed by atoms with Crippen molar-refractivity contribution in [2.75, 3.05) is 12.9 Å². The van der Waals surface area contributed by atoms with Crippen LogP contribution >= 0.6 is 11.8 Å². The maximum absolute atomic E-state index is 12.9. The molecule has 2 aromatic carbocycles. The van der Waals surface area contributed by atoms with Gasteiger partial charge in [-0.25, -0.2) is 4.98 Å². The van der Waals surface area contributed by atoms with E-state index < -0.39 is 0 Å². The third-order valence-electron chi connectivity index (χ3n) is 3.40. The van der Waals surface area contributed by atoms with E-state index in [0.29, 0.717) is 16.5 Å². The number of aromatic nitrogens is 2. The van der Waals surface area contributed by atoms with Gasteiger partial charge in [-0.3, -0.25) is 9.36 Å². The number of hydrogen-bond donors (Lipinski definition) is 0. The summed E-state index contributed by atoms with van der Waals surface area (Å²) in [4.78, 5) is 17.5. The Balaban J connectivity index is 2.08. The minimum Gasteiger partial charge on any atom is -0.497 e. The second kappa shape index (κ2) is 6.71. The van der Waals surface area contributed by atoms with E-state index in [1.807, 2.05) is 24.3 Å². The van der Waals surface area contributed by atoms with Gasteiger partial charge in [-0.2, -0.15) is 0 Å². The highest BCUT2D eigenvalue weighted by Gasteiger charge is 2.18. The highest BCUT2D eigenvalue weighted by atomic mass is 32.2. The van der Waals surface area contributed by atoms with Gasteiger partial charge in [0.05, 0.1) is 18.1 Å². The summed E-state index contributed by atoms with van der Waals surface area (Å²) in [6.07, 6.45) is 1.80. The average Bonchev–Trinajstić information content (AvgIpc) is 2.97. The van der Waals surface area contributed by atoms with E-state index in [0.717, 1.165) is 16.8 Å². The van der Waals surface area contributed by atoms with Crippen LogP contribution in [0.5, 0.6) is 5.75 Å². The fourth-order valence-corrected chi connectivity index (χ4v) is 3.03. The molecule has 0 bridgehead atoms. The van der Waals surface area contributed by atoms with Crippen molar-refractivity contribution >= 4 is 28.7 Å². The number of carbonyl (C=O) groups excluding carboxylic acids is 1. The molecule has 0 aliphatic carbocycles. The Morgan fingerprint density at radius 2 is 2.00 bits per heavy atom. The van der Waals surface area contributed by atoms with Crippen molar-refractivity contribution in [3.63, 3.8) is 0 Å². The van der Waals surface area contributed by atoms with Crippen LogP contribution < -0.4 is 4.74 Å². The molecule has 116 valence electrons. The molecule has 0 unspecified atom stereocenters. The molecular formula is C18H16N2O2S. The first-order valence-electron chi connectivity index (χ1n) is 7.14. The monoisotopic (exact) mass is 324 g/mol. The van der Waals surface area contributed by atoms with E-state index in [4.69, 9.17) is 4.74 Å². The van der Waals surface area contributed by atoms with Crippen LogP contribution in [-0.4, -0.2) is 28.3 Å². The molecule has 23 heavy (non-hydrogen) atoms. The van der Waals surface area contributed by atoms with E-state index in [1.165, 1.54) is 11.8 Å². The Bertz CT molecular complexity index is 853. The quantitative estimate of drug-likeness (QED) is 0.525. The predicted molar refractivity (Wildman–Crippen MR) is 93.4 cm³/mol. The summed E-state index contributed by atoms with van der Waals surface area (Å²) in [7, 11) is 1.60. The molecule has 0 fully saturated rings. The summed E-state index contributed by atoms with van der Waals surface area (Å²) in [5.41, 5.74) is 2.20. The number of carbonyl (C=O) groups is 1. The number of thioether (sulfide) groups is 1. The van der Waals surface area contributed by atoms with E-state index in [2.05, 4.69) is 11.6 Å². The molecule has 0 aliphatic heterocycles. The van der Waals surface area contributed by atoms with Crippen LogP contribution in [0.3, 0.4) is 0 Å². The van der Waals surface area contributed by atoms with Crippen molar-refractivity contribution in [1.29, 1.82) is 0 Å². The highest BCUT2D eigenvalue weighted by Crippen LogP contribution is 2.25. The molecule has 0 saturated carbocycles. The predicted octanol–water partition coefficient (Wildman–Crippen LogP) is 4.01. The van der Waals surface area contributed by atoms with Gasteiger partial charge >= 0.3 is 0 Å². The summed E-state index contributed by atoms with van der Waals surface area (Å²) < 4.78 is 6.80. The summed E-state index contributed by atoms with van der Waals surface area (Å²) in [5, 5.41) is 0.673. The maximum Gasteiger partial charge on any atom is 0.264 e. The van der Waals surface area contributed by atoms with Gasteiger partial charge in [-0.05, 0) is 36.4 Å². The molecule has 0 radical (unpaired) electrons. The number of nitrogens with zero attached hydrogens (tertiary/aromatic N) is 2. The SMILES string of the molecule is C=CCSc1nc2ccccc2n1C(=O)c1ccc(OC)cc1. The fraction of sp³-hybridized carbons (Fsp3) is 0.111. The zero-order chi connectivity index (χ0) is 16.2. The van der Waals surface area contributed by atoms with Crippen LogP contribution in [0.15, 0.2) is 66.3 Å². The first-order chi connectivity index (χ1) is 11.2. The Morgan fingerprint density at radius 1 is 1.26 bits per heavy atom. The van der Waals surface area contributed by atoms with Gasteiger partial charge in [0.15, 0.2) is 5.16 Å². The number of hydrogen-bond acceptors (Lipinski definition) is 4. The van der Waals surface area contributed by atoms with Crippen LogP contribution in [0.2, 0.25) is 0 Å². The van der Waals surface area contributed by atoms with Crippen LogP contribution in [0.25, 0.3) is 11.0 Å². The molecule has 4 nitrogen and oxygen atoms in total. The molecule has 3 rings (SSSR count). The number of ether oxygens (including phenoxy) is 1. The molecule has 0 saturated heterocycles. The van der Waals surface area contributed by atoms with Crippen molar-refractivity contribution in [2.45, 2.75) is 5.16 Å². The number of para-hydroxylation sites is 2. The average molecular weight is 324 g/mol. The van der Waals surface area contributed by atoms with Crippen molar-refractivity contribution < 1.29 is 9.53 Å². The van der Waals surface area contributed by atoms with Crippen LogP contribution in [-0.2, 0) is 0 Å². The van der Waals surface area contributed by atoms with E-state index in [9.17, 15) is 4.79 Å². The largest absolute Gasteiger partial charge is 0.497 e. The molecular weight excluding hydrogens is 308 g/mol. The lowest BCUT2D eigenvalue weighted by atomic mass is 10.2. The highest BCUT2D eigenvalue weighted by molar-refractivity contribution is 7.99. The first kappa shape index (κ1) is 15.4. The smallest absolute Gasteiger partial charge is 0.264 e. The van der Waals surface area contributed by atoms with Crippen molar-refractivity contribution in [3.05, 3.63) is 66.7 Å². The van der Waals surface area contributed by atoms with Gasteiger partial charge in [0.2, 0.25) is 0 Å². The molecule has 3 aromatic rings. The second-order valence-corrected chi connectivity index (χ2v) is 5.84. The molecule has 1 aromatic heterocycles. The number of benzene rings is 2. The molecule has 0 spiro atoms. The van der Waals surface area contributed by atoms with Crippen molar-refractivity contribution in [3.8, 4) is 5.75 Å². The molecule has 0 aliphatic rings. The Morgan fingerprint density at radius 3 is 2.70 bits per heavy atom. The first-order valence-corrected chi connectivity index (χ1v) is 8.13. The summed E-state index contributed by atoms with van der Waals surface area (Å²) in [6, 6.07) is 14.7. The zero-order valence-electron chi connectivity index (χ0n) is 12.7. The molecule has 0 atom stereocenters. The minimum absolute atomic E-state index is 0.104. The van der Waals surface area contributed by atoms with E-state index in [1.54, 1.807) is 42.0 Å². The standard InChI is InChI=1S/C18H16N2O2S/c1-3-12-23-18-19-15-6-4-5-7-16(15)20(18)17(21)13-8-10-14(22-2)11-9-13/h3-11H,1,12H2,2H3. The zero-order valence-corrected chi connectivity index (χ0v) is 13.5. The van der Waals surface area contributed by atoms with Crippen molar-refractivity contribution in [1.82, 2.24) is 9.55 Å². The number of methoxy groups -OCH3 is 1. The summed E-state index contributed by atoms with van der Waals surface area (Å²) in [5.74, 6) is 1.31. The molecule has 0 amide bonds. The fourth-order valence-electron chi connectivity index (χ4n) is 2.29. The number of imidazole rings is 1.